The number of benzene rings is 3. The Morgan fingerprint density at radius 3 is 0.772 bits per heavy atom. The first-order valence-corrected chi connectivity index (χ1v) is 19.4. The summed E-state index contributed by atoms with van der Waals surface area (Å²) in [4.78, 5) is 9.36. The van der Waals surface area contributed by atoms with E-state index in [1.165, 1.54) is 0 Å². The molecule has 312 valence electrons. The van der Waals surface area contributed by atoms with E-state index in [9.17, 15) is 64.8 Å². The van der Waals surface area contributed by atoms with Crippen molar-refractivity contribution in [2.75, 3.05) is 39.6 Å². The van der Waals surface area contributed by atoms with Crippen LogP contribution in [-0.4, -0.2) is 79.8 Å². The standard InChI is InChI=1S/C30H24F9N3O12S3/c31-28(32,33)19-1-7-22(8-2-19)55(43,44)52-16-13-49-25-40-26(50-14-17-53-56(45,46)23-9-3-20(4-10-23)29(34,35)36)42-27(41-25)51-15-18-54-57(47,48)24-11-5-21(6-12-24)30(37,38)39/h1-12H,13-18H2. The molecule has 0 N–H and O–H groups in total. The first-order valence-electron chi connectivity index (χ1n) is 15.2. The monoisotopic (exact) mass is 885 g/mol. The summed E-state index contributed by atoms with van der Waals surface area (Å²) in [6.07, 6.45) is -14.2. The Kier molecular flexibility index (Phi) is 14.0. The summed E-state index contributed by atoms with van der Waals surface area (Å²) in [6.45, 7) is -4.21. The van der Waals surface area contributed by atoms with Crippen molar-refractivity contribution < 1.29 is 91.5 Å². The lowest BCUT2D eigenvalue weighted by Gasteiger charge is -2.11. The number of rotatable bonds is 18. The van der Waals surface area contributed by atoms with Crippen LogP contribution >= 0.6 is 0 Å². The highest BCUT2D eigenvalue weighted by Gasteiger charge is 2.33. The number of hydrogen-bond acceptors (Lipinski definition) is 15. The first kappa shape index (κ1) is 44.9. The first-order chi connectivity index (χ1) is 26.4. The summed E-state index contributed by atoms with van der Waals surface area (Å²) in [7, 11) is -13.7. The molecule has 0 aliphatic rings. The van der Waals surface area contributed by atoms with Crippen LogP contribution in [-0.2, 0) is 61.4 Å². The van der Waals surface area contributed by atoms with Gasteiger partial charge >= 0.3 is 36.6 Å². The smallest absolute Gasteiger partial charge is 0.416 e. The predicted molar refractivity (Wildman–Crippen MR) is 170 cm³/mol. The average molecular weight is 886 g/mol. The van der Waals surface area contributed by atoms with E-state index in [1.807, 2.05) is 0 Å². The van der Waals surface area contributed by atoms with Gasteiger partial charge in [0.2, 0.25) is 0 Å². The Balaban J connectivity index is 1.39. The highest BCUT2D eigenvalue weighted by atomic mass is 32.2. The molecule has 0 unspecified atom stereocenters. The summed E-state index contributed by atoms with van der Waals surface area (Å²) >= 11 is 0. The van der Waals surface area contributed by atoms with Crippen molar-refractivity contribution >= 4 is 30.4 Å². The third-order valence-electron chi connectivity index (χ3n) is 6.64. The topological polar surface area (TPSA) is 196 Å². The van der Waals surface area contributed by atoms with E-state index in [0.717, 1.165) is 0 Å². The molecule has 1 aromatic heterocycles. The minimum atomic E-state index is -4.73. The third kappa shape index (κ3) is 13.1. The number of halogens is 9. The molecule has 57 heavy (non-hydrogen) atoms. The maximum Gasteiger partial charge on any atom is 0.416 e. The van der Waals surface area contributed by atoms with Gasteiger partial charge in [-0.05, 0) is 72.8 Å². The maximum atomic E-state index is 12.8. The van der Waals surface area contributed by atoms with Gasteiger partial charge in [-0.1, -0.05) is 0 Å². The molecule has 0 aliphatic heterocycles. The number of hydrogen-bond donors (Lipinski definition) is 0. The Hall–Kier alpha value is -4.83. The van der Waals surface area contributed by atoms with Crippen LogP contribution in [0, 0.1) is 0 Å². The van der Waals surface area contributed by atoms with Crippen molar-refractivity contribution in [3.63, 3.8) is 0 Å². The third-order valence-corrected chi connectivity index (χ3v) is 10.6. The summed E-state index contributed by atoms with van der Waals surface area (Å²) < 4.78 is 220. The van der Waals surface area contributed by atoms with Gasteiger partial charge in [-0.2, -0.15) is 64.8 Å². The molecule has 15 nitrogen and oxygen atoms in total. The van der Waals surface area contributed by atoms with Gasteiger partial charge in [-0.15, -0.1) is 15.0 Å². The molecule has 0 saturated carbocycles. The van der Waals surface area contributed by atoms with Gasteiger partial charge in [0.15, 0.2) is 0 Å². The fourth-order valence-electron chi connectivity index (χ4n) is 3.98. The van der Waals surface area contributed by atoms with Crippen LogP contribution in [0.25, 0.3) is 0 Å². The minimum Gasteiger partial charge on any atom is -0.461 e. The minimum absolute atomic E-state index is 0.519. The summed E-state index contributed by atoms with van der Waals surface area (Å²) in [5.41, 5.74) is -3.35. The molecule has 0 amide bonds. The van der Waals surface area contributed by atoms with Crippen molar-refractivity contribution in [3.8, 4) is 18.0 Å². The van der Waals surface area contributed by atoms with E-state index in [4.69, 9.17) is 26.8 Å². The van der Waals surface area contributed by atoms with Crippen molar-refractivity contribution in [1.29, 1.82) is 0 Å². The average Bonchev–Trinajstić information content (AvgIpc) is 3.13. The van der Waals surface area contributed by atoms with E-state index < -0.39 is 138 Å². The van der Waals surface area contributed by atoms with Crippen LogP contribution in [0.2, 0.25) is 0 Å². The van der Waals surface area contributed by atoms with Gasteiger partial charge in [-0.25, -0.2) is 0 Å². The molecule has 3 aromatic carbocycles. The van der Waals surface area contributed by atoms with Crippen LogP contribution < -0.4 is 14.2 Å². The lowest BCUT2D eigenvalue weighted by atomic mass is 10.2. The fourth-order valence-corrected chi connectivity index (χ4v) is 6.66. The Bertz CT molecular complexity index is 2040. The van der Waals surface area contributed by atoms with Crippen LogP contribution in [0.1, 0.15) is 16.7 Å². The largest absolute Gasteiger partial charge is 0.461 e. The quantitative estimate of drug-likeness (QED) is 0.0711. The fraction of sp³-hybridized carbons (Fsp3) is 0.300. The van der Waals surface area contributed by atoms with E-state index >= 15 is 0 Å². The second-order valence-corrected chi connectivity index (χ2v) is 15.5. The van der Waals surface area contributed by atoms with Crippen molar-refractivity contribution in [1.82, 2.24) is 15.0 Å². The number of ether oxygens (including phenoxy) is 3. The van der Waals surface area contributed by atoms with Crippen LogP contribution in [0.4, 0.5) is 39.5 Å². The van der Waals surface area contributed by atoms with Crippen molar-refractivity contribution in [2.24, 2.45) is 0 Å². The Morgan fingerprint density at radius 2 is 0.579 bits per heavy atom. The maximum absolute atomic E-state index is 12.8. The molecule has 4 rings (SSSR count). The van der Waals surface area contributed by atoms with Gasteiger partial charge in [0.25, 0.3) is 30.4 Å². The molecular formula is C30H24F9N3O12S3. The second kappa shape index (κ2) is 17.8. The molecule has 1 heterocycles. The highest BCUT2D eigenvalue weighted by Crippen LogP contribution is 2.32. The van der Waals surface area contributed by atoms with Gasteiger partial charge in [0, 0.05) is 0 Å². The molecule has 0 bridgehead atoms. The molecule has 0 saturated heterocycles. The van der Waals surface area contributed by atoms with Crippen molar-refractivity contribution in [3.05, 3.63) is 89.5 Å². The summed E-state index contributed by atoms with van der Waals surface area (Å²) in [6, 6.07) is 5.09. The highest BCUT2D eigenvalue weighted by molar-refractivity contribution is 7.87. The SMILES string of the molecule is O=S(=O)(OCCOc1nc(OCCOS(=O)(=O)c2ccc(C(F)(F)F)cc2)nc(OCCOS(=O)(=O)c2ccc(C(F)(F)F)cc2)n1)c1ccc(C(F)(F)F)cc1. The molecule has 0 fully saturated rings. The van der Waals surface area contributed by atoms with Gasteiger partial charge in [-0.3, -0.25) is 12.5 Å². The molecule has 0 atom stereocenters. The molecule has 0 spiro atoms. The molecular weight excluding hydrogens is 862 g/mol. The van der Waals surface area contributed by atoms with Crippen LogP contribution in [0.3, 0.4) is 0 Å². The van der Waals surface area contributed by atoms with Gasteiger partial charge < -0.3 is 14.2 Å². The van der Waals surface area contributed by atoms with Gasteiger partial charge in [0.1, 0.15) is 39.6 Å². The van der Waals surface area contributed by atoms with E-state index in [0.29, 0.717) is 72.8 Å². The van der Waals surface area contributed by atoms with Crippen LogP contribution in [0.5, 0.6) is 18.0 Å². The molecule has 27 heteroatoms. The zero-order valence-electron chi connectivity index (χ0n) is 28.0. The van der Waals surface area contributed by atoms with E-state index in [-0.39, 0.29) is 0 Å². The number of nitrogens with zero attached hydrogens (tertiary/aromatic N) is 3. The summed E-state index contributed by atoms with van der Waals surface area (Å²) in [5.74, 6) is 0. The molecule has 0 radical (unpaired) electrons. The van der Waals surface area contributed by atoms with E-state index in [1.54, 1.807) is 0 Å². The molecule has 4 aromatic rings. The number of aromatic nitrogens is 3. The summed E-state index contributed by atoms with van der Waals surface area (Å²) in [5, 5.41) is 0. The van der Waals surface area contributed by atoms with Gasteiger partial charge in [0.05, 0.1) is 31.4 Å². The zero-order chi connectivity index (χ0) is 42.3. The normalized spacial score (nSPS) is 13.0. The Labute approximate surface area is 316 Å². The van der Waals surface area contributed by atoms with Crippen molar-refractivity contribution in [2.45, 2.75) is 33.2 Å². The molecule has 0 aliphatic carbocycles. The predicted octanol–water partition coefficient (Wildman–Crippen LogP) is 5.28. The lowest BCUT2D eigenvalue weighted by Crippen LogP contribution is -2.17. The van der Waals surface area contributed by atoms with Crippen LogP contribution in [0.15, 0.2) is 87.5 Å². The zero-order valence-corrected chi connectivity index (χ0v) is 30.5. The van der Waals surface area contributed by atoms with E-state index in [2.05, 4.69) is 15.0 Å². The second-order valence-electron chi connectivity index (χ2n) is 10.6. The lowest BCUT2D eigenvalue weighted by molar-refractivity contribution is -0.138. The Morgan fingerprint density at radius 1 is 0.368 bits per heavy atom. The number of alkyl halides is 9.